The molecule has 0 unspecified atom stereocenters. The Morgan fingerprint density at radius 3 is 2.91 bits per heavy atom. The molecule has 0 bridgehead atoms. The van der Waals surface area contributed by atoms with Crippen LogP contribution in [0.1, 0.15) is 47.8 Å². The van der Waals surface area contributed by atoms with Crippen LogP contribution in [-0.2, 0) is 17.3 Å². The topological polar surface area (TPSA) is 110 Å². The van der Waals surface area contributed by atoms with Gasteiger partial charge in [0, 0.05) is 22.9 Å². The van der Waals surface area contributed by atoms with Gasteiger partial charge in [0.05, 0.1) is 11.3 Å². The van der Waals surface area contributed by atoms with Crippen LogP contribution in [0.3, 0.4) is 0 Å². The van der Waals surface area contributed by atoms with E-state index in [1.165, 1.54) is 27.8 Å². The zero-order chi connectivity index (χ0) is 22.9. The third kappa shape index (κ3) is 4.54. The van der Waals surface area contributed by atoms with E-state index in [-0.39, 0.29) is 17.1 Å². The minimum atomic E-state index is -0.205. The molecule has 0 saturated carbocycles. The number of tetrazole rings is 1. The summed E-state index contributed by atoms with van der Waals surface area (Å²) in [4.78, 5) is 13.6. The van der Waals surface area contributed by atoms with E-state index in [0.29, 0.717) is 15.7 Å². The van der Waals surface area contributed by atoms with E-state index in [0.717, 1.165) is 34.0 Å². The summed E-state index contributed by atoms with van der Waals surface area (Å²) in [5.74, 6) is 1.60. The zero-order valence-electron chi connectivity index (χ0n) is 18.2. The Kier molecular flexibility index (Phi) is 6.04. The van der Waals surface area contributed by atoms with Crippen molar-refractivity contribution in [1.82, 2.24) is 20.2 Å². The maximum absolute atomic E-state index is 12.5. The van der Waals surface area contributed by atoms with Crippen LogP contribution in [0.2, 0.25) is 0 Å². The van der Waals surface area contributed by atoms with Gasteiger partial charge in [0.25, 0.3) is 0 Å². The van der Waals surface area contributed by atoms with Gasteiger partial charge in [-0.2, -0.15) is 5.26 Å². The largest absolute Gasteiger partial charge is 0.462 e. The molecule has 8 nitrogen and oxygen atoms in total. The summed E-state index contributed by atoms with van der Waals surface area (Å²) in [6.07, 6.45) is 6.84. The number of fused-ring (bicyclic) bond motifs is 1. The number of furan rings is 1. The van der Waals surface area contributed by atoms with Gasteiger partial charge in [0.2, 0.25) is 11.1 Å². The first-order valence-corrected chi connectivity index (χ1v) is 11.7. The van der Waals surface area contributed by atoms with Crippen LogP contribution in [0.5, 0.6) is 0 Å². The predicted octanol–water partition coefficient (Wildman–Crippen LogP) is 4.55. The molecule has 0 spiro atoms. The molecule has 3 aromatic rings. The van der Waals surface area contributed by atoms with Gasteiger partial charge in [-0.25, -0.2) is 4.68 Å². The molecule has 0 fully saturated rings. The summed E-state index contributed by atoms with van der Waals surface area (Å²) >= 11 is 2.71. The molecule has 10 heteroatoms. The summed E-state index contributed by atoms with van der Waals surface area (Å²) in [6.45, 7) is 6.23. The number of carbonyl (C=O) groups is 1. The highest BCUT2D eigenvalue weighted by Crippen LogP contribution is 2.47. The summed E-state index contributed by atoms with van der Waals surface area (Å²) in [7, 11) is 1.72. The van der Waals surface area contributed by atoms with Crippen molar-refractivity contribution < 1.29 is 9.21 Å². The van der Waals surface area contributed by atoms with Crippen LogP contribution >= 0.6 is 23.1 Å². The van der Waals surface area contributed by atoms with Gasteiger partial charge < -0.3 is 9.73 Å². The molecule has 0 atom stereocenters. The average Bonchev–Trinajstić information content (AvgIpc) is 3.43. The zero-order valence-corrected chi connectivity index (χ0v) is 19.8. The van der Waals surface area contributed by atoms with Crippen molar-refractivity contribution in [2.75, 3.05) is 11.1 Å². The van der Waals surface area contributed by atoms with E-state index in [9.17, 15) is 10.1 Å². The maximum Gasteiger partial charge on any atom is 0.235 e. The molecule has 3 heterocycles. The van der Waals surface area contributed by atoms with E-state index in [4.69, 9.17) is 4.42 Å². The quantitative estimate of drug-likeness (QED) is 0.531. The Hall–Kier alpha value is -3.16. The Morgan fingerprint density at radius 2 is 2.25 bits per heavy atom. The Bertz CT molecular complexity index is 1270. The first-order chi connectivity index (χ1) is 15.3. The van der Waals surface area contributed by atoms with Gasteiger partial charge >= 0.3 is 0 Å². The van der Waals surface area contributed by atoms with Crippen LogP contribution < -0.4 is 5.32 Å². The van der Waals surface area contributed by atoms with Gasteiger partial charge in [-0.05, 0) is 53.6 Å². The summed E-state index contributed by atoms with van der Waals surface area (Å²) < 4.78 is 7.13. The number of nitrogens with one attached hydrogen (secondary N) is 1. The summed E-state index contributed by atoms with van der Waals surface area (Å²) in [6, 6.07) is 6.15. The van der Waals surface area contributed by atoms with E-state index in [1.807, 2.05) is 37.3 Å². The van der Waals surface area contributed by atoms with Crippen molar-refractivity contribution in [3.8, 4) is 6.07 Å². The molecule has 1 aliphatic carbocycles. The lowest BCUT2D eigenvalue weighted by Gasteiger charge is -2.29. The first kappa shape index (κ1) is 22.0. The van der Waals surface area contributed by atoms with Crippen LogP contribution in [0, 0.1) is 18.3 Å². The van der Waals surface area contributed by atoms with Gasteiger partial charge in [0.15, 0.2) is 0 Å². The minimum Gasteiger partial charge on any atom is -0.462 e. The molecule has 1 amide bonds. The first-order valence-electron chi connectivity index (χ1n) is 9.94. The minimum absolute atomic E-state index is 0.150. The van der Waals surface area contributed by atoms with Crippen molar-refractivity contribution in [1.29, 1.82) is 5.26 Å². The monoisotopic (exact) mass is 466 g/mol. The molecule has 0 radical (unpaired) electrons. The number of amides is 1. The Labute approximate surface area is 194 Å². The standard InChI is InChI=1S/C22H22N6O2S2/c1-13-5-7-15(30-13)8-6-14-9-16-17(11-23)20(32-19(16)22(2,3)10-14)24-18(29)12-31-21-25-26-27-28(21)4/h5-9H,10,12H2,1-4H3,(H,24,29). The molecule has 164 valence electrons. The third-order valence-electron chi connectivity index (χ3n) is 5.04. The highest BCUT2D eigenvalue weighted by Gasteiger charge is 2.33. The molecule has 1 aliphatic rings. The van der Waals surface area contributed by atoms with Crippen molar-refractivity contribution in [2.24, 2.45) is 7.05 Å². The van der Waals surface area contributed by atoms with Crippen LogP contribution in [0.4, 0.5) is 5.00 Å². The Balaban J connectivity index is 1.57. The number of nitrogens with zero attached hydrogens (tertiary/aromatic N) is 5. The Morgan fingerprint density at radius 1 is 1.44 bits per heavy atom. The second kappa shape index (κ2) is 8.76. The number of aryl methyl sites for hydroxylation is 2. The lowest BCUT2D eigenvalue weighted by molar-refractivity contribution is -0.113. The number of thioether (sulfide) groups is 1. The van der Waals surface area contributed by atoms with E-state index in [2.05, 4.69) is 40.8 Å². The number of hydrogen-bond acceptors (Lipinski definition) is 8. The smallest absolute Gasteiger partial charge is 0.235 e. The molecule has 1 N–H and O–H groups in total. The number of thiophene rings is 1. The third-order valence-corrected chi connectivity index (χ3v) is 7.53. The fourth-order valence-electron chi connectivity index (χ4n) is 3.59. The second-order valence-corrected chi connectivity index (χ2v) is 10.1. The molecule has 0 saturated heterocycles. The molecule has 0 aromatic carbocycles. The van der Waals surface area contributed by atoms with Gasteiger partial charge in [0.1, 0.15) is 22.6 Å². The molecule has 32 heavy (non-hydrogen) atoms. The highest BCUT2D eigenvalue weighted by atomic mass is 32.2. The van der Waals surface area contributed by atoms with Gasteiger partial charge in [-0.15, -0.1) is 16.4 Å². The van der Waals surface area contributed by atoms with E-state index >= 15 is 0 Å². The number of carbonyl (C=O) groups excluding carboxylic acids is 1. The summed E-state index contributed by atoms with van der Waals surface area (Å²) in [5, 5.41) is 25.1. The maximum atomic E-state index is 12.5. The molecular formula is C22H22N6O2S2. The van der Waals surface area contributed by atoms with E-state index < -0.39 is 0 Å². The lowest BCUT2D eigenvalue weighted by atomic mass is 9.77. The fourth-order valence-corrected chi connectivity index (χ4v) is 5.48. The molecule has 4 rings (SSSR count). The lowest BCUT2D eigenvalue weighted by Crippen LogP contribution is -2.20. The number of nitriles is 1. The summed E-state index contributed by atoms with van der Waals surface area (Å²) in [5.41, 5.74) is 2.32. The van der Waals surface area contributed by atoms with Crippen molar-refractivity contribution in [3.05, 3.63) is 51.3 Å². The van der Waals surface area contributed by atoms with Crippen molar-refractivity contribution in [2.45, 2.75) is 37.8 Å². The second-order valence-electron chi connectivity index (χ2n) is 8.14. The highest BCUT2D eigenvalue weighted by molar-refractivity contribution is 7.99. The SMILES string of the molecule is Cc1ccc(C=CC2=Cc3c(sc(NC(=O)CSc4nnnn4C)c3C#N)C(C)(C)C2)o1. The number of anilines is 1. The fraction of sp³-hybridized carbons (Fsp3) is 0.318. The number of aromatic nitrogens is 4. The van der Waals surface area contributed by atoms with Crippen molar-refractivity contribution >= 4 is 46.2 Å². The normalized spacial score (nSPS) is 14.8. The number of hydrogen-bond donors (Lipinski definition) is 1. The number of allylic oxidation sites excluding steroid dienone is 2. The average molecular weight is 467 g/mol. The predicted molar refractivity (Wildman–Crippen MR) is 125 cm³/mol. The molecule has 0 aliphatic heterocycles. The molecule has 3 aromatic heterocycles. The van der Waals surface area contributed by atoms with Gasteiger partial charge in [-0.3, -0.25) is 4.79 Å². The van der Waals surface area contributed by atoms with Crippen LogP contribution in [-0.4, -0.2) is 31.9 Å². The van der Waals surface area contributed by atoms with Crippen LogP contribution in [0.15, 0.2) is 33.4 Å². The van der Waals surface area contributed by atoms with Gasteiger partial charge in [-0.1, -0.05) is 31.7 Å². The van der Waals surface area contributed by atoms with E-state index in [1.54, 1.807) is 7.05 Å². The van der Waals surface area contributed by atoms with Crippen LogP contribution in [0.25, 0.3) is 12.2 Å². The molecular weight excluding hydrogens is 444 g/mol. The number of rotatable bonds is 6. The van der Waals surface area contributed by atoms with Crippen molar-refractivity contribution in [3.63, 3.8) is 0 Å².